The molecule has 1 N–H and O–H groups in total. The van der Waals surface area contributed by atoms with E-state index in [1.54, 1.807) is 0 Å². The molecule has 0 aliphatic carbocycles. The van der Waals surface area contributed by atoms with Crippen LogP contribution in [0.3, 0.4) is 0 Å². The van der Waals surface area contributed by atoms with Crippen molar-refractivity contribution in [2.75, 3.05) is 0 Å². The Morgan fingerprint density at radius 1 is 1.05 bits per heavy atom. The molecule has 0 saturated heterocycles. The van der Waals surface area contributed by atoms with E-state index in [0.29, 0.717) is 5.56 Å². The van der Waals surface area contributed by atoms with E-state index in [0.717, 1.165) is 6.07 Å². The normalized spacial score (nSPS) is 12.3. The van der Waals surface area contributed by atoms with Gasteiger partial charge in [-0.1, -0.05) is 11.6 Å². The van der Waals surface area contributed by atoms with Gasteiger partial charge in [0.1, 0.15) is 23.1 Å². The van der Waals surface area contributed by atoms with Crippen molar-refractivity contribution in [3.63, 3.8) is 0 Å². The van der Waals surface area contributed by atoms with Crippen molar-refractivity contribution >= 4 is 11.6 Å². The van der Waals surface area contributed by atoms with Crippen LogP contribution >= 0.6 is 11.6 Å². The highest BCUT2D eigenvalue weighted by Crippen LogP contribution is 2.34. The van der Waals surface area contributed by atoms with E-state index in [-0.39, 0.29) is 16.5 Å². The van der Waals surface area contributed by atoms with Crippen LogP contribution in [0.5, 0.6) is 11.5 Å². The first kappa shape index (κ1) is 13.8. The van der Waals surface area contributed by atoms with Crippen LogP contribution in [0, 0.1) is 11.6 Å². The van der Waals surface area contributed by atoms with Gasteiger partial charge in [0.15, 0.2) is 0 Å². The number of halogens is 3. The lowest BCUT2D eigenvalue weighted by Crippen LogP contribution is -1.97. The number of hydrogen-bond donors (Lipinski definition) is 1. The summed E-state index contributed by atoms with van der Waals surface area (Å²) in [5.41, 5.74) is 0.292. The molecule has 0 amide bonds. The monoisotopic (exact) mass is 284 g/mol. The van der Waals surface area contributed by atoms with Gasteiger partial charge in [0.25, 0.3) is 0 Å². The third-order valence-electron chi connectivity index (χ3n) is 2.54. The van der Waals surface area contributed by atoms with E-state index in [1.807, 2.05) is 0 Å². The number of aliphatic hydroxyl groups excluding tert-OH is 1. The maximum atomic E-state index is 13.1. The Morgan fingerprint density at radius 2 is 1.63 bits per heavy atom. The molecule has 2 rings (SSSR count). The molecule has 0 radical (unpaired) electrons. The minimum absolute atomic E-state index is 0.0980. The molecule has 0 fully saturated rings. The van der Waals surface area contributed by atoms with Gasteiger partial charge in [-0.3, -0.25) is 0 Å². The van der Waals surface area contributed by atoms with Crippen molar-refractivity contribution in [3.05, 3.63) is 58.6 Å². The third-order valence-corrected chi connectivity index (χ3v) is 2.83. The molecular formula is C14H11ClF2O2. The summed E-state index contributed by atoms with van der Waals surface area (Å²) < 4.78 is 31.5. The van der Waals surface area contributed by atoms with Crippen LogP contribution in [-0.2, 0) is 0 Å². The topological polar surface area (TPSA) is 29.5 Å². The van der Waals surface area contributed by atoms with E-state index >= 15 is 0 Å². The Morgan fingerprint density at radius 3 is 2.21 bits per heavy atom. The average Bonchev–Trinajstić information content (AvgIpc) is 2.34. The van der Waals surface area contributed by atoms with Crippen molar-refractivity contribution in [3.8, 4) is 11.5 Å². The van der Waals surface area contributed by atoms with Gasteiger partial charge in [0.2, 0.25) is 0 Å². The quantitative estimate of drug-likeness (QED) is 0.901. The minimum Gasteiger partial charge on any atom is -0.455 e. The van der Waals surface area contributed by atoms with Gasteiger partial charge in [-0.2, -0.15) is 0 Å². The van der Waals surface area contributed by atoms with Crippen molar-refractivity contribution in [2.24, 2.45) is 0 Å². The van der Waals surface area contributed by atoms with Gasteiger partial charge >= 0.3 is 0 Å². The summed E-state index contributed by atoms with van der Waals surface area (Å²) in [5, 5.41) is 9.68. The lowest BCUT2D eigenvalue weighted by Gasteiger charge is -2.14. The molecule has 0 spiro atoms. The van der Waals surface area contributed by atoms with Crippen LogP contribution < -0.4 is 4.74 Å². The van der Waals surface area contributed by atoms with E-state index in [1.165, 1.54) is 37.3 Å². The first-order valence-electron chi connectivity index (χ1n) is 5.58. The molecule has 0 saturated carbocycles. The average molecular weight is 285 g/mol. The fourth-order valence-electron chi connectivity index (χ4n) is 1.62. The molecule has 0 heterocycles. The van der Waals surface area contributed by atoms with Crippen LogP contribution in [-0.4, -0.2) is 5.11 Å². The minimum atomic E-state index is -0.898. The van der Waals surface area contributed by atoms with Crippen LogP contribution in [0.2, 0.25) is 5.02 Å². The van der Waals surface area contributed by atoms with Gasteiger partial charge in [0.05, 0.1) is 11.1 Å². The fourth-order valence-corrected chi connectivity index (χ4v) is 1.82. The van der Waals surface area contributed by atoms with E-state index < -0.39 is 17.7 Å². The Bertz CT molecular complexity index is 600. The molecule has 0 aromatic heterocycles. The van der Waals surface area contributed by atoms with Crippen molar-refractivity contribution in [1.29, 1.82) is 0 Å². The molecule has 1 unspecified atom stereocenters. The van der Waals surface area contributed by atoms with Crippen molar-refractivity contribution in [1.82, 2.24) is 0 Å². The second-order valence-corrected chi connectivity index (χ2v) is 4.44. The number of rotatable bonds is 3. The van der Waals surface area contributed by atoms with Crippen molar-refractivity contribution < 1.29 is 18.6 Å². The summed E-state index contributed by atoms with van der Waals surface area (Å²) in [6, 6.07) is 7.45. The van der Waals surface area contributed by atoms with E-state index in [2.05, 4.69) is 0 Å². The summed E-state index contributed by atoms with van der Waals surface area (Å²) in [4.78, 5) is 0. The number of aliphatic hydroxyl groups is 1. The summed E-state index contributed by atoms with van der Waals surface area (Å²) in [6.45, 7) is 1.49. The fraction of sp³-hybridized carbons (Fsp3) is 0.143. The predicted molar refractivity (Wildman–Crippen MR) is 68.5 cm³/mol. The highest BCUT2D eigenvalue weighted by molar-refractivity contribution is 6.32. The van der Waals surface area contributed by atoms with Crippen LogP contribution in [0.25, 0.3) is 0 Å². The Kier molecular flexibility index (Phi) is 4.02. The van der Waals surface area contributed by atoms with E-state index in [4.69, 9.17) is 16.3 Å². The molecular weight excluding hydrogens is 274 g/mol. The largest absolute Gasteiger partial charge is 0.455 e. The van der Waals surface area contributed by atoms with Gasteiger partial charge < -0.3 is 9.84 Å². The van der Waals surface area contributed by atoms with Crippen LogP contribution in [0.1, 0.15) is 18.6 Å². The van der Waals surface area contributed by atoms with Gasteiger partial charge in [-0.15, -0.1) is 0 Å². The number of benzene rings is 2. The van der Waals surface area contributed by atoms with Gasteiger partial charge in [0, 0.05) is 5.56 Å². The SMILES string of the molecule is CC(O)c1cc(F)ccc1Oc1ccc(F)cc1Cl. The van der Waals surface area contributed by atoms with Gasteiger partial charge in [-0.05, 0) is 43.3 Å². The molecule has 19 heavy (non-hydrogen) atoms. The standard InChI is InChI=1S/C14H11ClF2O2/c1-8(18)11-6-9(16)2-4-13(11)19-14-5-3-10(17)7-12(14)15/h2-8,18H,1H3. The van der Waals surface area contributed by atoms with E-state index in [9.17, 15) is 13.9 Å². The second-order valence-electron chi connectivity index (χ2n) is 4.03. The molecule has 100 valence electrons. The molecule has 2 aromatic rings. The first-order valence-corrected chi connectivity index (χ1v) is 5.95. The summed E-state index contributed by atoms with van der Waals surface area (Å²) in [5.74, 6) is -0.456. The van der Waals surface area contributed by atoms with Crippen LogP contribution in [0.4, 0.5) is 8.78 Å². The zero-order chi connectivity index (χ0) is 14.0. The Labute approximate surface area is 114 Å². The summed E-state index contributed by atoms with van der Waals surface area (Å²) in [7, 11) is 0. The summed E-state index contributed by atoms with van der Waals surface area (Å²) in [6.07, 6.45) is -0.898. The predicted octanol–water partition coefficient (Wildman–Crippen LogP) is 4.46. The highest BCUT2D eigenvalue weighted by Gasteiger charge is 2.13. The van der Waals surface area contributed by atoms with Crippen LogP contribution in [0.15, 0.2) is 36.4 Å². The molecule has 2 nitrogen and oxygen atoms in total. The molecule has 0 aliphatic heterocycles. The molecule has 5 heteroatoms. The Hall–Kier alpha value is -1.65. The van der Waals surface area contributed by atoms with Crippen molar-refractivity contribution in [2.45, 2.75) is 13.0 Å². The smallest absolute Gasteiger partial charge is 0.146 e. The first-order chi connectivity index (χ1) is 8.97. The molecule has 1 atom stereocenters. The maximum Gasteiger partial charge on any atom is 0.146 e. The maximum absolute atomic E-state index is 13.1. The third kappa shape index (κ3) is 3.22. The second kappa shape index (κ2) is 5.55. The lowest BCUT2D eigenvalue weighted by molar-refractivity contribution is 0.195. The summed E-state index contributed by atoms with van der Waals surface area (Å²) >= 11 is 5.84. The molecule has 2 aromatic carbocycles. The molecule has 0 aliphatic rings. The zero-order valence-electron chi connectivity index (χ0n) is 10.0. The molecule has 0 bridgehead atoms. The zero-order valence-corrected chi connectivity index (χ0v) is 10.8. The number of hydrogen-bond acceptors (Lipinski definition) is 2. The lowest BCUT2D eigenvalue weighted by atomic mass is 10.1. The number of ether oxygens (including phenoxy) is 1. The van der Waals surface area contributed by atoms with Gasteiger partial charge in [-0.25, -0.2) is 8.78 Å². The Balaban J connectivity index is 2.38. The highest BCUT2D eigenvalue weighted by atomic mass is 35.5.